The van der Waals surface area contributed by atoms with Gasteiger partial charge in [0.25, 0.3) is 5.91 Å². The number of hydrogen-bond donors (Lipinski definition) is 1. The van der Waals surface area contributed by atoms with E-state index in [1.807, 2.05) is 16.3 Å². The van der Waals surface area contributed by atoms with Crippen LogP contribution in [0.2, 0.25) is 0 Å². The molecule has 1 saturated heterocycles. The van der Waals surface area contributed by atoms with Crippen LogP contribution in [-0.4, -0.2) is 41.5 Å². The van der Waals surface area contributed by atoms with Crippen molar-refractivity contribution in [2.45, 2.75) is 25.8 Å². The number of carbonyl (C=O) groups is 1. The van der Waals surface area contributed by atoms with Gasteiger partial charge < -0.3 is 14.6 Å². The number of furan rings is 1. The van der Waals surface area contributed by atoms with Crippen molar-refractivity contribution in [3.63, 3.8) is 0 Å². The van der Waals surface area contributed by atoms with Gasteiger partial charge in [0.2, 0.25) is 0 Å². The summed E-state index contributed by atoms with van der Waals surface area (Å²) in [5.74, 6) is 0.0385. The third-order valence-corrected chi connectivity index (χ3v) is 4.58. The molecule has 0 bridgehead atoms. The number of nitrogens with one attached hydrogen (secondary N) is 1. The summed E-state index contributed by atoms with van der Waals surface area (Å²) < 4.78 is 5.07. The average molecular weight is 378 g/mol. The van der Waals surface area contributed by atoms with Crippen LogP contribution in [0.25, 0.3) is 10.6 Å². The lowest BCUT2D eigenvalue weighted by molar-refractivity contribution is 0.0687. The van der Waals surface area contributed by atoms with E-state index in [0.717, 1.165) is 43.0 Å². The van der Waals surface area contributed by atoms with E-state index >= 15 is 0 Å². The Morgan fingerprint density at radius 3 is 2.96 bits per heavy atom. The first-order valence-corrected chi connectivity index (χ1v) is 8.17. The molecule has 5 nitrogen and oxygen atoms in total. The molecule has 0 aliphatic carbocycles. The van der Waals surface area contributed by atoms with Gasteiger partial charge in [-0.3, -0.25) is 4.79 Å². The summed E-state index contributed by atoms with van der Waals surface area (Å²) in [6.07, 6.45) is 5.25. The van der Waals surface area contributed by atoms with Crippen molar-refractivity contribution < 1.29 is 9.21 Å². The number of aromatic nitrogens is 1. The summed E-state index contributed by atoms with van der Waals surface area (Å²) in [5, 5.41) is 5.99. The highest BCUT2D eigenvalue weighted by Crippen LogP contribution is 2.25. The minimum atomic E-state index is 0. The Morgan fingerprint density at radius 1 is 1.52 bits per heavy atom. The Morgan fingerprint density at radius 2 is 2.35 bits per heavy atom. The Labute approximate surface area is 152 Å². The highest BCUT2D eigenvalue weighted by Gasteiger charge is 2.28. The summed E-state index contributed by atoms with van der Waals surface area (Å²) in [6, 6.07) is 2.15. The summed E-state index contributed by atoms with van der Waals surface area (Å²) in [4.78, 5) is 19.2. The lowest BCUT2D eigenvalue weighted by atomic mass is 10.2. The molecule has 0 spiro atoms. The number of carbonyl (C=O) groups excluding carboxylic acids is 1. The van der Waals surface area contributed by atoms with E-state index in [2.05, 4.69) is 17.2 Å². The Bertz CT molecular complexity index is 598. The molecule has 1 aliphatic heterocycles. The molecule has 1 aliphatic rings. The molecule has 0 radical (unpaired) electrons. The highest BCUT2D eigenvalue weighted by molar-refractivity contribution is 7.13. The topological polar surface area (TPSA) is 58.4 Å². The van der Waals surface area contributed by atoms with E-state index in [1.54, 1.807) is 12.5 Å². The van der Waals surface area contributed by atoms with Gasteiger partial charge in [-0.1, -0.05) is 6.92 Å². The van der Waals surface area contributed by atoms with Gasteiger partial charge in [0, 0.05) is 30.1 Å². The molecule has 1 atom stereocenters. The molecular formula is C15H21Cl2N3O2S. The van der Waals surface area contributed by atoms with Gasteiger partial charge in [-0.2, -0.15) is 0 Å². The van der Waals surface area contributed by atoms with Gasteiger partial charge in [0.1, 0.15) is 17.0 Å². The Hall–Kier alpha value is -1.08. The second-order valence-corrected chi connectivity index (χ2v) is 6.05. The summed E-state index contributed by atoms with van der Waals surface area (Å²) in [6.45, 7) is 4.74. The molecule has 1 amide bonds. The molecular weight excluding hydrogens is 357 g/mol. The van der Waals surface area contributed by atoms with Gasteiger partial charge in [-0.25, -0.2) is 4.98 Å². The van der Waals surface area contributed by atoms with Crippen molar-refractivity contribution in [1.29, 1.82) is 0 Å². The van der Waals surface area contributed by atoms with Crippen molar-refractivity contribution >= 4 is 42.1 Å². The van der Waals surface area contributed by atoms with Crippen LogP contribution in [0.5, 0.6) is 0 Å². The standard InChI is InChI=1S/C15H19N3O2S.2ClH/c1-2-6-18(12-3-5-16-8-12)15(19)13-10-21-14(17-13)11-4-7-20-9-11;;/h4,7,9-10,12,16H,2-3,5-6,8H2,1H3;2*1H. The minimum Gasteiger partial charge on any atom is -0.472 e. The highest BCUT2D eigenvalue weighted by atomic mass is 35.5. The van der Waals surface area contributed by atoms with Crippen LogP contribution in [0.15, 0.2) is 28.4 Å². The number of amides is 1. The van der Waals surface area contributed by atoms with Crippen molar-refractivity contribution in [2.24, 2.45) is 0 Å². The third-order valence-electron chi connectivity index (χ3n) is 3.69. The van der Waals surface area contributed by atoms with E-state index in [-0.39, 0.29) is 36.8 Å². The summed E-state index contributed by atoms with van der Waals surface area (Å²) in [7, 11) is 0. The minimum absolute atomic E-state index is 0. The molecule has 8 heteroatoms. The number of halogens is 2. The van der Waals surface area contributed by atoms with Gasteiger partial charge >= 0.3 is 0 Å². The van der Waals surface area contributed by atoms with Crippen molar-refractivity contribution in [3.05, 3.63) is 29.7 Å². The fraction of sp³-hybridized carbons (Fsp3) is 0.467. The van der Waals surface area contributed by atoms with Crippen LogP contribution in [-0.2, 0) is 0 Å². The van der Waals surface area contributed by atoms with Crippen LogP contribution >= 0.6 is 36.2 Å². The molecule has 0 aromatic carbocycles. The molecule has 2 aromatic heterocycles. The largest absolute Gasteiger partial charge is 0.472 e. The zero-order valence-electron chi connectivity index (χ0n) is 12.9. The Balaban J connectivity index is 0.00000132. The molecule has 1 N–H and O–H groups in total. The first kappa shape index (κ1) is 20.0. The SMILES string of the molecule is CCCN(C(=O)c1csc(-c2ccoc2)n1)C1CCNC1.Cl.Cl. The average Bonchev–Trinajstić information content (AvgIpc) is 3.25. The number of nitrogens with zero attached hydrogens (tertiary/aromatic N) is 2. The van der Waals surface area contributed by atoms with Crippen LogP contribution < -0.4 is 5.32 Å². The molecule has 2 aromatic rings. The number of rotatable bonds is 5. The van der Waals surface area contributed by atoms with Crippen LogP contribution in [0.1, 0.15) is 30.3 Å². The predicted molar refractivity (Wildman–Crippen MR) is 96.9 cm³/mol. The van der Waals surface area contributed by atoms with E-state index in [0.29, 0.717) is 5.69 Å². The second kappa shape index (κ2) is 9.27. The summed E-state index contributed by atoms with van der Waals surface area (Å²) in [5.41, 5.74) is 1.46. The fourth-order valence-electron chi connectivity index (χ4n) is 2.63. The maximum absolute atomic E-state index is 12.7. The molecule has 23 heavy (non-hydrogen) atoms. The predicted octanol–water partition coefficient (Wildman–Crippen LogP) is 3.46. The third kappa shape index (κ3) is 4.47. The number of thiazole rings is 1. The Kier molecular flexibility index (Phi) is 8.05. The molecule has 1 fully saturated rings. The maximum atomic E-state index is 12.7. The smallest absolute Gasteiger partial charge is 0.273 e. The normalized spacial score (nSPS) is 16.5. The monoisotopic (exact) mass is 377 g/mol. The van der Waals surface area contributed by atoms with Crippen LogP contribution in [0, 0.1) is 0 Å². The molecule has 3 heterocycles. The van der Waals surface area contributed by atoms with Gasteiger partial charge in [0.05, 0.1) is 6.26 Å². The molecule has 1 unspecified atom stereocenters. The lowest BCUT2D eigenvalue weighted by Gasteiger charge is -2.27. The zero-order chi connectivity index (χ0) is 14.7. The van der Waals surface area contributed by atoms with E-state index in [4.69, 9.17) is 4.42 Å². The van der Waals surface area contributed by atoms with Gasteiger partial charge in [-0.15, -0.1) is 36.2 Å². The lowest BCUT2D eigenvalue weighted by Crippen LogP contribution is -2.42. The van der Waals surface area contributed by atoms with E-state index < -0.39 is 0 Å². The van der Waals surface area contributed by atoms with Crippen molar-refractivity contribution in [2.75, 3.05) is 19.6 Å². The fourth-order valence-corrected chi connectivity index (χ4v) is 3.41. The van der Waals surface area contributed by atoms with Gasteiger partial charge in [-0.05, 0) is 25.5 Å². The summed E-state index contributed by atoms with van der Waals surface area (Å²) >= 11 is 1.48. The van der Waals surface area contributed by atoms with Crippen LogP contribution in [0.4, 0.5) is 0 Å². The van der Waals surface area contributed by atoms with Crippen molar-refractivity contribution in [3.8, 4) is 10.6 Å². The molecule has 0 saturated carbocycles. The molecule has 3 rings (SSSR count). The van der Waals surface area contributed by atoms with E-state index in [9.17, 15) is 4.79 Å². The van der Waals surface area contributed by atoms with Crippen LogP contribution in [0.3, 0.4) is 0 Å². The first-order valence-electron chi connectivity index (χ1n) is 7.29. The zero-order valence-corrected chi connectivity index (χ0v) is 15.3. The van der Waals surface area contributed by atoms with E-state index in [1.165, 1.54) is 11.3 Å². The number of hydrogen-bond acceptors (Lipinski definition) is 5. The second-order valence-electron chi connectivity index (χ2n) is 5.20. The molecule has 128 valence electrons. The quantitative estimate of drug-likeness (QED) is 0.866. The van der Waals surface area contributed by atoms with Gasteiger partial charge in [0.15, 0.2) is 0 Å². The van der Waals surface area contributed by atoms with Crippen molar-refractivity contribution in [1.82, 2.24) is 15.2 Å². The maximum Gasteiger partial charge on any atom is 0.273 e. The first-order chi connectivity index (χ1) is 10.3.